The molecule has 0 aliphatic rings. The molecule has 0 aromatic carbocycles. The van der Waals surface area contributed by atoms with E-state index in [9.17, 15) is 10.1 Å². The summed E-state index contributed by atoms with van der Waals surface area (Å²) in [5, 5.41) is 25.2. The Morgan fingerprint density at radius 2 is 2.11 bits per heavy atom. The van der Waals surface area contributed by atoms with Gasteiger partial charge < -0.3 is 5.32 Å². The maximum Gasteiger partial charge on any atom is 0.240 e. The number of aromatic nitrogens is 4. The van der Waals surface area contributed by atoms with Crippen molar-refractivity contribution in [2.75, 3.05) is 0 Å². The van der Waals surface area contributed by atoms with Crippen molar-refractivity contribution in [2.45, 2.75) is 46.1 Å². The number of hydrogen-bond donors (Lipinski definition) is 2. The molecular weight excluding hydrogens is 232 g/mol. The van der Waals surface area contributed by atoms with E-state index in [1.807, 2.05) is 13.8 Å². The van der Waals surface area contributed by atoms with Gasteiger partial charge >= 0.3 is 0 Å². The van der Waals surface area contributed by atoms with Gasteiger partial charge in [-0.05, 0) is 12.8 Å². The molecule has 2 N–H and O–H groups in total. The lowest BCUT2D eigenvalue weighted by Crippen LogP contribution is -2.40. The quantitative estimate of drug-likeness (QED) is 0.748. The number of aromatic amines is 1. The van der Waals surface area contributed by atoms with E-state index in [0.29, 0.717) is 18.7 Å². The first-order valence-corrected chi connectivity index (χ1v) is 6.10. The van der Waals surface area contributed by atoms with Gasteiger partial charge in [0.05, 0.1) is 12.6 Å². The van der Waals surface area contributed by atoms with Crippen molar-refractivity contribution in [1.82, 2.24) is 25.9 Å². The van der Waals surface area contributed by atoms with Crippen LogP contribution in [-0.4, -0.2) is 26.5 Å². The first-order chi connectivity index (χ1) is 8.68. The Hall–Kier alpha value is -1.97. The summed E-state index contributed by atoms with van der Waals surface area (Å²) in [4.78, 5) is 12.2. The van der Waals surface area contributed by atoms with Crippen LogP contribution < -0.4 is 5.32 Å². The maximum atomic E-state index is 12.2. The number of carbonyl (C=O) groups is 1. The van der Waals surface area contributed by atoms with Gasteiger partial charge in [0, 0.05) is 0 Å². The average Bonchev–Trinajstić information content (AvgIpc) is 2.88. The third-order valence-corrected chi connectivity index (χ3v) is 2.80. The maximum absolute atomic E-state index is 12.2. The number of amides is 1. The van der Waals surface area contributed by atoms with Crippen molar-refractivity contribution in [1.29, 1.82) is 5.26 Å². The van der Waals surface area contributed by atoms with Gasteiger partial charge in [0.2, 0.25) is 5.91 Å². The summed E-state index contributed by atoms with van der Waals surface area (Å²) in [5.74, 6) is 0.154. The molecule has 0 unspecified atom stereocenters. The molecule has 1 aromatic heterocycles. The van der Waals surface area contributed by atoms with Crippen molar-refractivity contribution in [3.8, 4) is 6.07 Å². The third-order valence-electron chi connectivity index (χ3n) is 2.80. The summed E-state index contributed by atoms with van der Waals surface area (Å²) >= 11 is 0. The van der Waals surface area contributed by atoms with E-state index in [4.69, 9.17) is 0 Å². The number of carbonyl (C=O) groups excluding carboxylic acids is 1. The molecule has 1 aromatic rings. The number of H-pyrrole nitrogens is 1. The van der Waals surface area contributed by atoms with Crippen LogP contribution in [0.5, 0.6) is 0 Å². The fourth-order valence-electron chi connectivity index (χ4n) is 1.95. The average molecular weight is 250 g/mol. The van der Waals surface area contributed by atoms with Crippen LogP contribution in [0.1, 0.15) is 45.4 Å². The Balaban J connectivity index is 2.67. The lowest BCUT2D eigenvalue weighted by molar-refractivity contribution is -0.129. The number of nitrogens with one attached hydrogen (secondary N) is 2. The van der Waals surface area contributed by atoms with Crippen molar-refractivity contribution < 1.29 is 4.79 Å². The largest absolute Gasteiger partial charge is 0.347 e. The number of hydrogen-bond acceptors (Lipinski definition) is 5. The summed E-state index contributed by atoms with van der Waals surface area (Å²) in [6.45, 7) is 4.12. The molecular formula is C11H18N6O. The molecule has 0 bridgehead atoms. The summed E-state index contributed by atoms with van der Waals surface area (Å²) in [6, 6.07) is 2.17. The standard InChI is InChI=1S/C11H18N6O/c1-3-5-11(8-12,6-4-2)10(18)13-7-9-14-16-17-15-9/h3-7H2,1-2H3,(H,13,18)(H,14,15,16,17). The van der Waals surface area contributed by atoms with Crippen LogP contribution in [0.3, 0.4) is 0 Å². The molecule has 1 rings (SSSR count). The molecule has 1 amide bonds. The van der Waals surface area contributed by atoms with Gasteiger partial charge in [0.25, 0.3) is 0 Å². The monoisotopic (exact) mass is 250 g/mol. The highest BCUT2D eigenvalue weighted by molar-refractivity contribution is 5.85. The minimum absolute atomic E-state index is 0.187. The highest BCUT2D eigenvalue weighted by Crippen LogP contribution is 2.29. The number of nitriles is 1. The minimum atomic E-state index is -0.937. The lowest BCUT2D eigenvalue weighted by Gasteiger charge is -2.24. The molecule has 0 atom stereocenters. The summed E-state index contributed by atoms with van der Waals surface area (Å²) < 4.78 is 0. The van der Waals surface area contributed by atoms with Gasteiger partial charge in [-0.15, -0.1) is 10.2 Å². The van der Waals surface area contributed by atoms with Gasteiger partial charge in [0.1, 0.15) is 5.41 Å². The summed E-state index contributed by atoms with van der Waals surface area (Å²) in [5.41, 5.74) is -0.937. The molecule has 0 fully saturated rings. The minimum Gasteiger partial charge on any atom is -0.347 e. The number of nitrogens with zero attached hydrogens (tertiary/aromatic N) is 4. The summed E-state index contributed by atoms with van der Waals surface area (Å²) in [7, 11) is 0. The molecule has 7 heteroatoms. The number of rotatable bonds is 7. The van der Waals surface area contributed by atoms with Crippen LogP contribution in [0.2, 0.25) is 0 Å². The van der Waals surface area contributed by atoms with Crippen LogP contribution in [-0.2, 0) is 11.3 Å². The molecule has 0 saturated carbocycles. The van der Waals surface area contributed by atoms with E-state index in [1.54, 1.807) is 0 Å². The lowest BCUT2D eigenvalue weighted by atomic mass is 9.80. The highest BCUT2D eigenvalue weighted by atomic mass is 16.2. The van der Waals surface area contributed by atoms with Crippen LogP contribution in [0, 0.1) is 16.7 Å². The Bertz CT molecular complexity index is 402. The first kappa shape index (κ1) is 14.1. The van der Waals surface area contributed by atoms with Gasteiger partial charge in [-0.3, -0.25) is 4.79 Å². The van der Waals surface area contributed by atoms with Crippen LogP contribution in [0.4, 0.5) is 0 Å². The molecule has 1 heterocycles. The van der Waals surface area contributed by atoms with E-state index in [-0.39, 0.29) is 12.5 Å². The van der Waals surface area contributed by atoms with Crippen molar-refractivity contribution >= 4 is 5.91 Å². The van der Waals surface area contributed by atoms with Gasteiger partial charge in [-0.2, -0.15) is 10.5 Å². The Kier molecular flexibility index (Phi) is 5.24. The highest BCUT2D eigenvalue weighted by Gasteiger charge is 2.36. The zero-order chi connectivity index (χ0) is 13.4. The van der Waals surface area contributed by atoms with E-state index in [1.165, 1.54) is 0 Å². The second-order valence-electron chi connectivity index (χ2n) is 4.20. The van der Waals surface area contributed by atoms with Crippen LogP contribution in [0.15, 0.2) is 0 Å². The molecule has 7 nitrogen and oxygen atoms in total. The van der Waals surface area contributed by atoms with E-state index in [0.717, 1.165) is 12.8 Å². The molecule has 0 aliphatic heterocycles. The van der Waals surface area contributed by atoms with E-state index >= 15 is 0 Å². The molecule has 0 aliphatic carbocycles. The van der Waals surface area contributed by atoms with Gasteiger partial charge in [-0.25, -0.2) is 0 Å². The second kappa shape index (κ2) is 6.69. The van der Waals surface area contributed by atoms with Gasteiger partial charge in [0.15, 0.2) is 5.82 Å². The normalized spacial score (nSPS) is 10.9. The van der Waals surface area contributed by atoms with E-state index in [2.05, 4.69) is 32.0 Å². The van der Waals surface area contributed by atoms with E-state index < -0.39 is 5.41 Å². The molecule has 98 valence electrons. The van der Waals surface area contributed by atoms with Crippen LogP contribution >= 0.6 is 0 Å². The molecule has 0 spiro atoms. The fourth-order valence-corrected chi connectivity index (χ4v) is 1.95. The Morgan fingerprint density at radius 1 is 1.44 bits per heavy atom. The molecule has 18 heavy (non-hydrogen) atoms. The summed E-state index contributed by atoms with van der Waals surface area (Å²) in [6.07, 6.45) is 2.72. The van der Waals surface area contributed by atoms with Crippen molar-refractivity contribution in [2.24, 2.45) is 5.41 Å². The van der Waals surface area contributed by atoms with Crippen LogP contribution in [0.25, 0.3) is 0 Å². The Labute approximate surface area is 106 Å². The zero-order valence-corrected chi connectivity index (χ0v) is 10.7. The smallest absolute Gasteiger partial charge is 0.240 e. The second-order valence-corrected chi connectivity index (χ2v) is 4.20. The van der Waals surface area contributed by atoms with Crippen molar-refractivity contribution in [3.63, 3.8) is 0 Å². The fraction of sp³-hybridized carbons (Fsp3) is 0.727. The van der Waals surface area contributed by atoms with Crippen molar-refractivity contribution in [3.05, 3.63) is 5.82 Å². The molecule has 0 saturated heterocycles. The zero-order valence-electron chi connectivity index (χ0n) is 10.7. The number of tetrazole rings is 1. The predicted molar refractivity (Wildman–Crippen MR) is 63.9 cm³/mol. The van der Waals surface area contributed by atoms with Gasteiger partial charge in [-0.1, -0.05) is 31.9 Å². The molecule has 0 radical (unpaired) electrons. The SMILES string of the molecule is CCCC(C#N)(CCC)C(=O)NCc1nn[nH]n1. The topological polar surface area (TPSA) is 107 Å². The first-order valence-electron chi connectivity index (χ1n) is 6.10. The third kappa shape index (κ3) is 3.26. The predicted octanol–water partition coefficient (Wildman–Crippen LogP) is 0.926. The Morgan fingerprint density at radius 3 is 2.56 bits per heavy atom.